The quantitative estimate of drug-likeness (QED) is 0.811. The van der Waals surface area contributed by atoms with Crippen molar-refractivity contribution < 1.29 is 0 Å². The zero-order valence-electron chi connectivity index (χ0n) is 15.3. The van der Waals surface area contributed by atoms with Gasteiger partial charge in [-0.15, -0.1) is 0 Å². The van der Waals surface area contributed by atoms with Gasteiger partial charge in [0.2, 0.25) is 5.56 Å². The van der Waals surface area contributed by atoms with Crippen LogP contribution >= 0.6 is 0 Å². The first-order chi connectivity index (χ1) is 10.5. The first-order valence-corrected chi connectivity index (χ1v) is 7.86. The minimum Gasteiger partial charge on any atom is -0.319 e. The second-order valence-corrected chi connectivity index (χ2v) is 7.18. The first kappa shape index (κ1) is 18.9. The van der Waals surface area contributed by atoms with E-state index in [0.717, 1.165) is 5.56 Å². The minimum atomic E-state index is 0.0444. The second-order valence-electron chi connectivity index (χ2n) is 7.18. The van der Waals surface area contributed by atoms with E-state index < -0.39 is 0 Å². The average molecular weight is 316 g/mol. The molecule has 4 nitrogen and oxygen atoms in total. The number of rotatable bonds is 1. The molecule has 2 rings (SSSR count). The van der Waals surface area contributed by atoms with Crippen molar-refractivity contribution in [3.8, 4) is 0 Å². The molecule has 0 radical (unpaired) electrons. The number of hydrogen-bond acceptors (Lipinski definition) is 2. The molecular weight excluding hydrogens is 288 g/mol. The first-order valence-electron chi connectivity index (χ1n) is 7.86. The van der Waals surface area contributed by atoms with Crippen LogP contribution in [0.4, 0.5) is 0 Å². The maximum atomic E-state index is 11.1. The van der Waals surface area contributed by atoms with E-state index in [0.29, 0.717) is 5.92 Å². The van der Waals surface area contributed by atoms with Gasteiger partial charge >= 0.3 is 0 Å². The fraction of sp³-hybridized carbons (Fsp3) is 0.474. The van der Waals surface area contributed by atoms with Crippen LogP contribution in [0.15, 0.2) is 46.2 Å². The van der Waals surface area contributed by atoms with Gasteiger partial charge in [0, 0.05) is 38.6 Å². The van der Waals surface area contributed by atoms with Gasteiger partial charge in [0.05, 0.1) is 0 Å². The number of pyridine rings is 2. The molecule has 0 aliphatic heterocycles. The van der Waals surface area contributed by atoms with Gasteiger partial charge in [0.15, 0.2) is 0 Å². The average Bonchev–Trinajstić information content (AvgIpc) is 2.44. The third kappa shape index (κ3) is 5.55. The zero-order valence-corrected chi connectivity index (χ0v) is 15.3. The summed E-state index contributed by atoms with van der Waals surface area (Å²) in [6.07, 6.45) is 3.69. The Bertz CT molecular complexity index is 762. The van der Waals surface area contributed by atoms with Gasteiger partial charge in [-0.05, 0) is 28.5 Å². The molecule has 126 valence electrons. The van der Waals surface area contributed by atoms with Crippen molar-refractivity contribution in [2.75, 3.05) is 0 Å². The van der Waals surface area contributed by atoms with Gasteiger partial charge in [-0.25, -0.2) is 0 Å². The lowest BCUT2D eigenvalue weighted by Gasteiger charge is -2.19. The van der Waals surface area contributed by atoms with Crippen LogP contribution < -0.4 is 11.1 Å². The normalized spacial score (nSPS) is 11.1. The van der Waals surface area contributed by atoms with Crippen LogP contribution in [0.25, 0.3) is 0 Å². The molecule has 0 bridgehead atoms. The van der Waals surface area contributed by atoms with Gasteiger partial charge < -0.3 is 9.13 Å². The highest BCUT2D eigenvalue weighted by Gasteiger charge is 2.13. The second kappa shape index (κ2) is 7.44. The Morgan fingerprint density at radius 2 is 1.52 bits per heavy atom. The Labute approximate surface area is 138 Å². The summed E-state index contributed by atoms with van der Waals surface area (Å²) in [6.45, 7) is 10.6. The molecule has 0 unspecified atom stereocenters. The van der Waals surface area contributed by atoms with Crippen molar-refractivity contribution in [1.29, 1.82) is 0 Å². The van der Waals surface area contributed by atoms with Crippen LogP contribution in [0.3, 0.4) is 0 Å². The van der Waals surface area contributed by atoms with E-state index in [1.807, 2.05) is 18.3 Å². The van der Waals surface area contributed by atoms with E-state index >= 15 is 0 Å². The predicted octanol–water partition coefficient (Wildman–Crippen LogP) is 3.19. The third-order valence-corrected chi connectivity index (χ3v) is 3.75. The molecule has 4 heteroatoms. The number of aryl methyl sites for hydroxylation is 2. The van der Waals surface area contributed by atoms with Crippen LogP contribution in [-0.4, -0.2) is 9.13 Å². The Morgan fingerprint density at radius 3 is 1.96 bits per heavy atom. The van der Waals surface area contributed by atoms with E-state index in [1.54, 1.807) is 41.6 Å². The Kier molecular flexibility index (Phi) is 6.13. The van der Waals surface area contributed by atoms with Crippen molar-refractivity contribution in [3.63, 3.8) is 0 Å². The van der Waals surface area contributed by atoms with Crippen LogP contribution in [0.2, 0.25) is 0 Å². The van der Waals surface area contributed by atoms with Crippen molar-refractivity contribution in [2.45, 2.75) is 46.0 Å². The summed E-state index contributed by atoms with van der Waals surface area (Å²) < 4.78 is 3.19. The molecule has 0 fully saturated rings. The van der Waals surface area contributed by atoms with E-state index in [1.165, 1.54) is 5.56 Å². The van der Waals surface area contributed by atoms with Crippen molar-refractivity contribution in [2.24, 2.45) is 14.1 Å². The highest BCUT2D eigenvalue weighted by Crippen LogP contribution is 2.19. The molecule has 2 aromatic rings. The summed E-state index contributed by atoms with van der Waals surface area (Å²) in [5.74, 6) is 0.434. The van der Waals surface area contributed by atoms with Gasteiger partial charge in [0.25, 0.3) is 5.56 Å². The topological polar surface area (TPSA) is 44.0 Å². The SMILES string of the molecule is CC(C)c1ccn(C)c(=O)c1.Cn1cc(C(C)(C)C)ccc1=O. The third-order valence-electron chi connectivity index (χ3n) is 3.75. The largest absolute Gasteiger partial charge is 0.319 e. The van der Waals surface area contributed by atoms with Gasteiger partial charge in [0.1, 0.15) is 0 Å². The summed E-state index contributed by atoms with van der Waals surface area (Å²) >= 11 is 0. The highest BCUT2D eigenvalue weighted by molar-refractivity contribution is 5.18. The molecule has 0 aromatic carbocycles. The van der Waals surface area contributed by atoms with E-state index in [-0.39, 0.29) is 16.5 Å². The molecule has 2 heterocycles. The lowest BCUT2D eigenvalue weighted by molar-refractivity contribution is 0.580. The molecule has 0 spiro atoms. The Morgan fingerprint density at radius 1 is 0.913 bits per heavy atom. The van der Waals surface area contributed by atoms with Gasteiger partial charge in [-0.2, -0.15) is 0 Å². The zero-order chi connectivity index (χ0) is 17.8. The fourth-order valence-electron chi connectivity index (χ4n) is 1.96. The van der Waals surface area contributed by atoms with Crippen LogP contribution in [0, 0.1) is 0 Å². The standard InChI is InChI=1S/C10H15NO.C9H13NO/c1-10(2,3)8-5-6-9(12)11(4)7-8;1-7(2)8-4-5-10(3)9(11)6-8/h5-7H,1-4H3;4-7H,1-3H3. The molecule has 0 aliphatic carbocycles. The minimum absolute atomic E-state index is 0.0444. The molecule has 0 atom stereocenters. The van der Waals surface area contributed by atoms with Gasteiger partial charge in [-0.3, -0.25) is 9.59 Å². The van der Waals surface area contributed by atoms with Crippen molar-refractivity contribution in [1.82, 2.24) is 9.13 Å². The molecule has 0 amide bonds. The van der Waals surface area contributed by atoms with Gasteiger partial charge in [-0.1, -0.05) is 40.7 Å². The maximum Gasteiger partial charge on any atom is 0.250 e. The summed E-state index contributed by atoms with van der Waals surface area (Å²) in [5.41, 5.74) is 2.52. The predicted molar refractivity (Wildman–Crippen MR) is 96.2 cm³/mol. The number of nitrogens with zero attached hydrogens (tertiary/aromatic N) is 2. The molecule has 23 heavy (non-hydrogen) atoms. The van der Waals surface area contributed by atoms with Crippen LogP contribution in [-0.2, 0) is 19.5 Å². The summed E-state index contributed by atoms with van der Waals surface area (Å²) in [4.78, 5) is 22.2. The van der Waals surface area contributed by atoms with Crippen molar-refractivity contribution >= 4 is 0 Å². The van der Waals surface area contributed by atoms with E-state index in [9.17, 15) is 9.59 Å². The number of hydrogen-bond donors (Lipinski definition) is 0. The monoisotopic (exact) mass is 316 g/mol. The molecule has 0 saturated heterocycles. The molecule has 0 N–H and O–H groups in total. The number of aromatic nitrogens is 2. The van der Waals surface area contributed by atoms with Crippen LogP contribution in [0.5, 0.6) is 0 Å². The maximum absolute atomic E-state index is 11.1. The lowest BCUT2D eigenvalue weighted by atomic mass is 9.88. The summed E-state index contributed by atoms with van der Waals surface area (Å²) in [7, 11) is 3.53. The molecule has 2 aromatic heterocycles. The molecular formula is C19H28N2O2. The molecule has 0 saturated carbocycles. The van der Waals surface area contributed by atoms with Crippen molar-refractivity contribution in [3.05, 3.63) is 68.5 Å². The Balaban J connectivity index is 0.000000231. The lowest BCUT2D eigenvalue weighted by Crippen LogP contribution is -2.19. The fourth-order valence-corrected chi connectivity index (χ4v) is 1.96. The highest BCUT2D eigenvalue weighted by atomic mass is 16.1. The van der Waals surface area contributed by atoms with E-state index in [2.05, 4.69) is 34.6 Å². The van der Waals surface area contributed by atoms with Crippen LogP contribution in [0.1, 0.15) is 51.7 Å². The summed E-state index contributed by atoms with van der Waals surface area (Å²) in [6, 6.07) is 7.17. The summed E-state index contributed by atoms with van der Waals surface area (Å²) in [5, 5.41) is 0. The Hall–Kier alpha value is -2.10. The van der Waals surface area contributed by atoms with E-state index in [4.69, 9.17) is 0 Å². The smallest absolute Gasteiger partial charge is 0.250 e. The molecule has 0 aliphatic rings.